The van der Waals surface area contributed by atoms with Crippen LogP contribution in [0.1, 0.15) is 12.0 Å². The van der Waals surface area contributed by atoms with E-state index in [4.69, 9.17) is 9.47 Å². The molecule has 0 aliphatic carbocycles. The number of aliphatic hydroxyl groups is 2. The van der Waals surface area contributed by atoms with Crippen molar-refractivity contribution in [3.8, 4) is 5.75 Å². The third-order valence-corrected chi connectivity index (χ3v) is 2.57. The summed E-state index contributed by atoms with van der Waals surface area (Å²) in [7, 11) is 1.61. The predicted molar refractivity (Wildman–Crippen MR) is 69.5 cm³/mol. The molecule has 0 spiro atoms. The van der Waals surface area contributed by atoms with Crippen LogP contribution in [0.5, 0.6) is 5.75 Å². The number of rotatable bonds is 8. The van der Waals surface area contributed by atoms with Crippen molar-refractivity contribution in [3.63, 3.8) is 0 Å². The van der Waals surface area contributed by atoms with E-state index in [1.165, 1.54) is 0 Å². The maximum atomic E-state index is 9.57. The van der Waals surface area contributed by atoms with E-state index in [1.807, 2.05) is 24.3 Å². The van der Waals surface area contributed by atoms with Gasteiger partial charge in [0.05, 0.1) is 26.4 Å². The van der Waals surface area contributed by atoms with Crippen LogP contribution in [0, 0.1) is 0 Å². The van der Waals surface area contributed by atoms with Gasteiger partial charge in [-0.25, -0.2) is 0 Å². The molecule has 2 N–H and O–H groups in total. The molecule has 4 heteroatoms. The third-order valence-electron chi connectivity index (χ3n) is 2.57. The summed E-state index contributed by atoms with van der Waals surface area (Å²) in [6, 6.07) is 7.49. The maximum absolute atomic E-state index is 9.57. The fourth-order valence-electron chi connectivity index (χ4n) is 1.46. The zero-order valence-corrected chi connectivity index (χ0v) is 10.6. The summed E-state index contributed by atoms with van der Waals surface area (Å²) >= 11 is 0. The molecule has 0 amide bonds. The van der Waals surface area contributed by atoms with E-state index in [-0.39, 0.29) is 6.61 Å². The Labute approximate surface area is 107 Å². The van der Waals surface area contributed by atoms with Gasteiger partial charge in [-0.15, -0.1) is 6.58 Å². The van der Waals surface area contributed by atoms with Crippen LogP contribution in [0.25, 0.3) is 0 Å². The Kier molecular flexibility index (Phi) is 6.43. The highest BCUT2D eigenvalue weighted by molar-refractivity contribution is 5.26. The second-order valence-electron chi connectivity index (χ2n) is 4.02. The van der Waals surface area contributed by atoms with Crippen LogP contribution in [-0.4, -0.2) is 36.1 Å². The molecule has 2 atom stereocenters. The van der Waals surface area contributed by atoms with Crippen LogP contribution >= 0.6 is 0 Å². The van der Waals surface area contributed by atoms with Gasteiger partial charge in [0.15, 0.2) is 0 Å². The highest BCUT2D eigenvalue weighted by Gasteiger charge is 2.14. The molecule has 0 heterocycles. The summed E-state index contributed by atoms with van der Waals surface area (Å²) in [5, 5.41) is 19.0. The number of aliphatic hydroxyl groups excluding tert-OH is 2. The number of hydrogen-bond donors (Lipinski definition) is 2. The number of ether oxygens (including phenoxy) is 2. The van der Waals surface area contributed by atoms with Crippen molar-refractivity contribution < 1.29 is 19.7 Å². The van der Waals surface area contributed by atoms with Gasteiger partial charge in [-0.3, -0.25) is 0 Å². The Hall–Kier alpha value is -1.36. The molecule has 100 valence electrons. The Balaban J connectivity index is 2.30. The van der Waals surface area contributed by atoms with Gasteiger partial charge in [0.2, 0.25) is 0 Å². The van der Waals surface area contributed by atoms with Crippen molar-refractivity contribution in [1.29, 1.82) is 0 Å². The first-order valence-corrected chi connectivity index (χ1v) is 5.85. The van der Waals surface area contributed by atoms with Gasteiger partial charge in [-0.05, 0) is 24.1 Å². The zero-order valence-electron chi connectivity index (χ0n) is 10.6. The van der Waals surface area contributed by atoms with Gasteiger partial charge in [-0.1, -0.05) is 18.2 Å². The molecule has 1 aromatic rings. The molecular weight excluding hydrogens is 232 g/mol. The van der Waals surface area contributed by atoms with Crippen molar-refractivity contribution in [2.45, 2.75) is 25.2 Å². The zero-order chi connectivity index (χ0) is 13.4. The van der Waals surface area contributed by atoms with E-state index in [1.54, 1.807) is 13.2 Å². The molecule has 0 unspecified atom stereocenters. The lowest BCUT2D eigenvalue weighted by Crippen LogP contribution is -2.29. The molecule has 18 heavy (non-hydrogen) atoms. The standard InChI is InChI=1S/C14H20O4/c1-3-4-13(15)14(16)10-18-9-11-5-7-12(17-2)8-6-11/h3,5-8,13-16H,1,4,9-10H2,2H3/t13-,14-/m1/s1. The molecule has 0 aliphatic heterocycles. The second kappa shape index (κ2) is 7.87. The largest absolute Gasteiger partial charge is 0.497 e. The van der Waals surface area contributed by atoms with Crippen LogP contribution in [-0.2, 0) is 11.3 Å². The average Bonchev–Trinajstić information content (AvgIpc) is 2.39. The van der Waals surface area contributed by atoms with Gasteiger partial charge in [0.25, 0.3) is 0 Å². The molecule has 0 aliphatic rings. The summed E-state index contributed by atoms with van der Waals surface area (Å²) in [6.45, 7) is 3.99. The Bertz CT molecular complexity index is 347. The highest BCUT2D eigenvalue weighted by atomic mass is 16.5. The average molecular weight is 252 g/mol. The summed E-state index contributed by atoms with van der Waals surface area (Å²) in [4.78, 5) is 0. The van der Waals surface area contributed by atoms with E-state index in [9.17, 15) is 10.2 Å². The molecule has 0 saturated carbocycles. The first kappa shape index (κ1) is 14.7. The van der Waals surface area contributed by atoms with Crippen molar-refractivity contribution in [3.05, 3.63) is 42.5 Å². The SMILES string of the molecule is C=CC[C@@H](O)[C@H](O)COCc1ccc(OC)cc1. The first-order chi connectivity index (χ1) is 8.67. The highest BCUT2D eigenvalue weighted by Crippen LogP contribution is 2.12. The fraction of sp³-hybridized carbons (Fsp3) is 0.429. The summed E-state index contributed by atoms with van der Waals surface area (Å²) in [6.07, 6.45) is 0.212. The number of methoxy groups -OCH3 is 1. The Morgan fingerprint density at radius 2 is 1.89 bits per heavy atom. The third kappa shape index (κ3) is 4.87. The van der Waals surface area contributed by atoms with Gasteiger partial charge < -0.3 is 19.7 Å². The monoisotopic (exact) mass is 252 g/mol. The first-order valence-electron chi connectivity index (χ1n) is 5.85. The van der Waals surface area contributed by atoms with Crippen molar-refractivity contribution in [2.24, 2.45) is 0 Å². The topological polar surface area (TPSA) is 58.9 Å². The molecule has 1 aromatic carbocycles. The van der Waals surface area contributed by atoms with E-state index in [0.29, 0.717) is 13.0 Å². The molecule has 0 bridgehead atoms. The minimum absolute atomic E-state index is 0.0982. The minimum atomic E-state index is -0.888. The van der Waals surface area contributed by atoms with E-state index in [2.05, 4.69) is 6.58 Å². The fourth-order valence-corrected chi connectivity index (χ4v) is 1.46. The summed E-state index contributed by atoms with van der Waals surface area (Å²) < 4.78 is 10.4. The van der Waals surface area contributed by atoms with Crippen LogP contribution in [0.15, 0.2) is 36.9 Å². The lowest BCUT2D eigenvalue weighted by molar-refractivity contribution is -0.0406. The second-order valence-corrected chi connectivity index (χ2v) is 4.02. The van der Waals surface area contributed by atoms with Gasteiger partial charge in [0, 0.05) is 0 Å². The lowest BCUT2D eigenvalue weighted by atomic mass is 10.1. The van der Waals surface area contributed by atoms with Crippen molar-refractivity contribution in [1.82, 2.24) is 0 Å². The van der Waals surface area contributed by atoms with Gasteiger partial charge in [0.1, 0.15) is 11.9 Å². The maximum Gasteiger partial charge on any atom is 0.118 e. The van der Waals surface area contributed by atoms with Gasteiger partial charge in [-0.2, -0.15) is 0 Å². The lowest BCUT2D eigenvalue weighted by Gasteiger charge is -2.16. The normalized spacial score (nSPS) is 13.9. The Morgan fingerprint density at radius 3 is 2.44 bits per heavy atom. The number of hydrogen-bond acceptors (Lipinski definition) is 4. The molecule has 1 rings (SSSR count). The molecule has 4 nitrogen and oxygen atoms in total. The van der Waals surface area contributed by atoms with Crippen LogP contribution in [0.4, 0.5) is 0 Å². The molecule has 0 aromatic heterocycles. The van der Waals surface area contributed by atoms with Gasteiger partial charge >= 0.3 is 0 Å². The Morgan fingerprint density at radius 1 is 1.22 bits per heavy atom. The smallest absolute Gasteiger partial charge is 0.118 e. The van der Waals surface area contributed by atoms with Crippen molar-refractivity contribution in [2.75, 3.05) is 13.7 Å². The van der Waals surface area contributed by atoms with Crippen molar-refractivity contribution >= 4 is 0 Å². The van der Waals surface area contributed by atoms with E-state index < -0.39 is 12.2 Å². The van der Waals surface area contributed by atoms with Crippen LogP contribution in [0.3, 0.4) is 0 Å². The summed E-state index contributed by atoms with van der Waals surface area (Å²) in [5.74, 6) is 0.792. The number of benzene rings is 1. The van der Waals surface area contributed by atoms with Crippen LogP contribution in [0.2, 0.25) is 0 Å². The molecule has 0 saturated heterocycles. The molecule has 0 fully saturated rings. The predicted octanol–water partition coefficient (Wildman–Crippen LogP) is 1.51. The van der Waals surface area contributed by atoms with E-state index in [0.717, 1.165) is 11.3 Å². The molecular formula is C14H20O4. The summed E-state index contributed by atoms with van der Waals surface area (Å²) in [5.41, 5.74) is 0.987. The quantitative estimate of drug-likeness (QED) is 0.689. The van der Waals surface area contributed by atoms with Crippen LogP contribution < -0.4 is 4.74 Å². The van der Waals surface area contributed by atoms with E-state index >= 15 is 0 Å². The molecule has 0 radical (unpaired) electrons. The minimum Gasteiger partial charge on any atom is -0.497 e.